The van der Waals surface area contributed by atoms with E-state index in [2.05, 4.69) is 41.9 Å². The van der Waals surface area contributed by atoms with Crippen molar-refractivity contribution in [2.45, 2.75) is 26.8 Å². The number of aliphatic imine (C=N–C) groups is 1. The summed E-state index contributed by atoms with van der Waals surface area (Å²) in [6.45, 7) is 5.17. The summed E-state index contributed by atoms with van der Waals surface area (Å²) in [6.07, 6.45) is 0.357. The molecule has 0 radical (unpaired) electrons. The third kappa shape index (κ3) is 6.47. The van der Waals surface area contributed by atoms with Crippen molar-refractivity contribution in [3.8, 4) is 0 Å². The fourth-order valence-corrected chi connectivity index (χ4v) is 3.31. The number of carbonyl (C=O) groups excluding carboxylic acids is 1. The number of carbonyl (C=O) groups is 1. The summed E-state index contributed by atoms with van der Waals surface area (Å²) >= 11 is 5.04. The molecule has 0 bridgehead atoms. The number of aryl methyl sites for hydroxylation is 2. The van der Waals surface area contributed by atoms with Gasteiger partial charge in [0, 0.05) is 35.1 Å². The Morgan fingerprint density at radius 1 is 1.24 bits per heavy atom. The number of nitrogens with one attached hydrogen (secondary N) is 3. The minimum atomic E-state index is -0.0424. The fraction of sp³-hybridized carbons (Fsp3) is 0.353. The van der Waals surface area contributed by atoms with E-state index in [0.717, 1.165) is 20.9 Å². The Bertz CT molecular complexity index is 742. The minimum Gasteiger partial charge on any atom is -0.356 e. The molecule has 2 aromatic rings. The summed E-state index contributed by atoms with van der Waals surface area (Å²) in [5, 5.41) is 10.3. The van der Waals surface area contributed by atoms with Crippen LogP contribution < -0.4 is 16.0 Å². The summed E-state index contributed by atoms with van der Waals surface area (Å²) in [7, 11) is 1.71. The van der Waals surface area contributed by atoms with Crippen molar-refractivity contribution in [1.82, 2.24) is 15.6 Å². The summed E-state index contributed by atoms with van der Waals surface area (Å²) in [4.78, 5) is 21.7. The number of rotatable bonds is 6. The lowest BCUT2D eigenvalue weighted by Gasteiger charge is -2.11. The number of anilines is 1. The van der Waals surface area contributed by atoms with Crippen molar-refractivity contribution < 1.29 is 4.79 Å². The summed E-state index contributed by atoms with van der Waals surface area (Å²) in [5.74, 6) is 0.626. The molecule has 0 spiro atoms. The first kappa shape index (κ1) is 19.4. The Morgan fingerprint density at radius 3 is 2.56 bits per heavy atom. The standard InChI is InChI=1S/C17H22BrN5OS/c1-11-15(25-12(2)22-11)10-21-17(19-3)20-9-8-16(24)23-14-6-4-13(18)5-7-14/h4-7H,8-10H2,1-3H3,(H,23,24)(H2,19,20,21). The van der Waals surface area contributed by atoms with Crippen LogP contribution in [0.1, 0.15) is 22.0 Å². The van der Waals surface area contributed by atoms with Gasteiger partial charge in [0.15, 0.2) is 5.96 Å². The van der Waals surface area contributed by atoms with E-state index < -0.39 is 0 Å². The predicted molar refractivity (Wildman–Crippen MR) is 107 cm³/mol. The smallest absolute Gasteiger partial charge is 0.226 e. The van der Waals surface area contributed by atoms with Gasteiger partial charge in [-0.25, -0.2) is 4.98 Å². The molecule has 1 aromatic carbocycles. The Labute approximate surface area is 160 Å². The van der Waals surface area contributed by atoms with E-state index in [9.17, 15) is 4.79 Å². The lowest BCUT2D eigenvalue weighted by molar-refractivity contribution is -0.116. The van der Waals surface area contributed by atoms with Crippen LogP contribution >= 0.6 is 27.3 Å². The van der Waals surface area contributed by atoms with Crippen LogP contribution in [0.4, 0.5) is 5.69 Å². The molecule has 0 aliphatic carbocycles. The maximum Gasteiger partial charge on any atom is 0.226 e. The molecule has 6 nitrogen and oxygen atoms in total. The van der Waals surface area contributed by atoms with Gasteiger partial charge in [0.1, 0.15) is 0 Å². The van der Waals surface area contributed by atoms with Crippen molar-refractivity contribution in [2.75, 3.05) is 18.9 Å². The van der Waals surface area contributed by atoms with Gasteiger partial charge >= 0.3 is 0 Å². The number of guanidine groups is 1. The first-order chi connectivity index (χ1) is 12.0. The van der Waals surface area contributed by atoms with Crippen molar-refractivity contribution >= 4 is 44.8 Å². The van der Waals surface area contributed by atoms with Gasteiger partial charge in [0.2, 0.25) is 5.91 Å². The van der Waals surface area contributed by atoms with E-state index in [1.165, 1.54) is 4.88 Å². The number of hydrogen-bond acceptors (Lipinski definition) is 4. The minimum absolute atomic E-state index is 0.0424. The zero-order valence-electron chi connectivity index (χ0n) is 14.5. The Morgan fingerprint density at radius 2 is 1.96 bits per heavy atom. The van der Waals surface area contributed by atoms with Gasteiger partial charge in [-0.1, -0.05) is 15.9 Å². The highest BCUT2D eigenvalue weighted by atomic mass is 79.9. The van der Waals surface area contributed by atoms with Crippen LogP contribution in [-0.4, -0.2) is 30.4 Å². The van der Waals surface area contributed by atoms with Gasteiger partial charge in [0.25, 0.3) is 0 Å². The second kappa shape index (κ2) is 9.53. The molecule has 1 heterocycles. The SMILES string of the molecule is CN=C(NCCC(=O)Nc1ccc(Br)cc1)NCc1sc(C)nc1C. The molecule has 0 atom stereocenters. The van der Waals surface area contributed by atoms with Crippen molar-refractivity contribution in [1.29, 1.82) is 0 Å². The van der Waals surface area contributed by atoms with Crippen LogP contribution in [0.5, 0.6) is 0 Å². The predicted octanol–water partition coefficient (Wildman–Crippen LogP) is 3.22. The second-order valence-corrected chi connectivity index (χ2v) is 7.60. The first-order valence-corrected chi connectivity index (χ1v) is 9.51. The van der Waals surface area contributed by atoms with Gasteiger partial charge in [-0.05, 0) is 38.1 Å². The molecule has 134 valence electrons. The maximum absolute atomic E-state index is 12.0. The van der Waals surface area contributed by atoms with Gasteiger partial charge in [-0.15, -0.1) is 11.3 Å². The van der Waals surface area contributed by atoms with Crippen molar-refractivity contribution in [2.24, 2.45) is 4.99 Å². The lowest BCUT2D eigenvalue weighted by atomic mass is 10.3. The van der Waals surface area contributed by atoms with Gasteiger partial charge < -0.3 is 16.0 Å². The molecule has 0 aliphatic heterocycles. The molecule has 2 rings (SSSR count). The average molecular weight is 424 g/mol. The van der Waals surface area contributed by atoms with E-state index in [-0.39, 0.29) is 5.91 Å². The normalized spacial score (nSPS) is 11.3. The van der Waals surface area contributed by atoms with E-state index in [1.54, 1.807) is 18.4 Å². The number of benzene rings is 1. The molecule has 8 heteroatoms. The summed E-state index contributed by atoms with van der Waals surface area (Å²) in [6, 6.07) is 7.50. The highest BCUT2D eigenvalue weighted by Crippen LogP contribution is 2.16. The molecule has 1 amide bonds. The summed E-state index contributed by atoms with van der Waals surface area (Å²) in [5.41, 5.74) is 1.83. The molecule has 0 unspecified atom stereocenters. The molecule has 0 saturated heterocycles. The third-order valence-electron chi connectivity index (χ3n) is 3.41. The molecule has 25 heavy (non-hydrogen) atoms. The van der Waals surface area contributed by atoms with Crippen molar-refractivity contribution in [3.63, 3.8) is 0 Å². The molecule has 1 aromatic heterocycles. The fourth-order valence-electron chi connectivity index (χ4n) is 2.17. The number of hydrogen-bond donors (Lipinski definition) is 3. The maximum atomic E-state index is 12.0. The zero-order chi connectivity index (χ0) is 18.2. The van der Waals surface area contributed by atoms with Gasteiger partial charge in [0.05, 0.1) is 17.2 Å². The topological polar surface area (TPSA) is 78.4 Å². The third-order valence-corrected chi connectivity index (χ3v) is 5.01. The first-order valence-electron chi connectivity index (χ1n) is 7.90. The molecule has 0 saturated carbocycles. The lowest BCUT2D eigenvalue weighted by Crippen LogP contribution is -2.38. The van der Waals surface area contributed by atoms with Crippen LogP contribution in [0.3, 0.4) is 0 Å². The second-order valence-electron chi connectivity index (χ2n) is 5.40. The van der Waals surface area contributed by atoms with E-state index in [4.69, 9.17) is 0 Å². The number of aromatic nitrogens is 1. The van der Waals surface area contributed by atoms with Crippen LogP contribution in [0, 0.1) is 13.8 Å². The zero-order valence-corrected chi connectivity index (χ0v) is 16.9. The largest absolute Gasteiger partial charge is 0.356 e. The number of halogens is 1. The average Bonchev–Trinajstić information content (AvgIpc) is 2.90. The molecule has 0 aliphatic rings. The van der Waals surface area contributed by atoms with Gasteiger partial charge in [-0.3, -0.25) is 9.79 Å². The van der Waals surface area contributed by atoms with Crippen LogP contribution in [0.25, 0.3) is 0 Å². The highest BCUT2D eigenvalue weighted by molar-refractivity contribution is 9.10. The van der Waals surface area contributed by atoms with E-state index in [1.807, 2.05) is 38.1 Å². The highest BCUT2D eigenvalue weighted by Gasteiger charge is 2.07. The quantitative estimate of drug-likeness (QED) is 0.492. The Balaban J connectivity index is 1.72. The van der Waals surface area contributed by atoms with Crippen LogP contribution in [0.15, 0.2) is 33.7 Å². The monoisotopic (exact) mass is 423 g/mol. The Hall–Kier alpha value is -1.93. The molecule has 0 fully saturated rings. The molecule has 3 N–H and O–H groups in total. The van der Waals surface area contributed by atoms with Crippen LogP contribution in [-0.2, 0) is 11.3 Å². The molecular weight excluding hydrogens is 402 g/mol. The number of amides is 1. The van der Waals surface area contributed by atoms with Crippen molar-refractivity contribution in [3.05, 3.63) is 44.3 Å². The molecular formula is C17H22BrN5OS. The van der Waals surface area contributed by atoms with E-state index >= 15 is 0 Å². The number of nitrogens with zero attached hydrogens (tertiary/aromatic N) is 2. The van der Waals surface area contributed by atoms with Crippen LogP contribution in [0.2, 0.25) is 0 Å². The van der Waals surface area contributed by atoms with Gasteiger partial charge in [-0.2, -0.15) is 0 Å². The number of thiazole rings is 1. The van der Waals surface area contributed by atoms with E-state index in [0.29, 0.717) is 25.5 Å². The summed E-state index contributed by atoms with van der Waals surface area (Å²) < 4.78 is 0.980. The Kier molecular flexibility index (Phi) is 7.39.